The topological polar surface area (TPSA) is 80.5 Å². The van der Waals surface area contributed by atoms with Crippen molar-refractivity contribution >= 4 is 22.5 Å². The van der Waals surface area contributed by atoms with Crippen molar-refractivity contribution in [3.63, 3.8) is 0 Å². The zero-order valence-electron chi connectivity index (χ0n) is 19.1. The van der Waals surface area contributed by atoms with Gasteiger partial charge in [0.1, 0.15) is 12.1 Å². The molecule has 1 aromatic heterocycles. The fourth-order valence-electron chi connectivity index (χ4n) is 3.78. The van der Waals surface area contributed by atoms with Crippen LogP contribution < -0.4 is 16.1 Å². The molecule has 33 heavy (non-hydrogen) atoms. The number of carbonyl (C=O) groups is 1. The zero-order valence-corrected chi connectivity index (χ0v) is 19.1. The van der Waals surface area contributed by atoms with E-state index in [1.807, 2.05) is 12.1 Å². The molecule has 2 atom stereocenters. The third-order valence-corrected chi connectivity index (χ3v) is 5.76. The smallest absolute Gasteiger partial charge is 0.251 e. The van der Waals surface area contributed by atoms with E-state index in [9.17, 15) is 9.18 Å². The number of halogens is 1. The van der Waals surface area contributed by atoms with E-state index in [1.54, 1.807) is 30.5 Å². The average Bonchev–Trinajstić information content (AvgIpc) is 3.27. The van der Waals surface area contributed by atoms with Crippen LogP contribution in [0.5, 0.6) is 0 Å². The summed E-state index contributed by atoms with van der Waals surface area (Å²) in [6, 6.07) is 14.0. The molecule has 0 spiro atoms. The maximum atomic E-state index is 13.8. The Morgan fingerprint density at radius 2 is 2.03 bits per heavy atom. The lowest BCUT2D eigenvalue weighted by atomic mass is 9.86. The molecule has 1 aliphatic heterocycles. The van der Waals surface area contributed by atoms with E-state index < -0.39 is 12.2 Å². The van der Waals surface area contributed by atoms with Crippen LogP contribution in [0.3, 0.4) is 0 Å². The Morgan fingerprint density at radius 1 is 1.24 bits per heavy atom. The highest BCUT2D eigenvalue weighted by Crippen LogP contribution is 2.29. The zero-order chi connectivity index (χ0) is 23.6. The predicted molar refractivity (Wildman–Crippen MR) is 128 cm³/mol. The van der Waals surface area contributed by atoms with Gasteiger partial charge in [0.15, 0.2) is 6.04 Å². The second-order valence-corrected chi connectivity index (χ2v) is 9.30. The molecule has 0 bridgehead atoms. The summed E-state index contributed by atoms with van der Waals surface area (Å²) in [6.07, 6.45) is 5.06. The molecule has 2 aromatic carbocycles. The minimum absolute atomic E-state index is 0.0325. The Balaban J connectivity index is 1.43. The number of nitrogens with two attached hydrogens (primary N) is 1. The van der Waals surface area contributed by atoms with Crippen molar-refractivity contribution in [3.8, 4) is 0 Å². The maximum absolute atomic E-state index is 13.8. The SMILES string of the molecule is CC(C)(C)c1ccc2cc(N3OC=CC3C(=O)N[C@@H](N)CCc3ccccc3F)cnc2c1. The number of amides is 1. The minimum Gasteiger partial charge on any atom is -0.387 e. The van der Waals surface area contributed by atoms with Gasteiger partial charge in [-0.15, -0.1) is 0 Å². The average molecular weight is 449 g/mol. The Morgan fingerprint density at radius 3 is 2.79 bits per heavy atom. The molecule has 0 radical (unpaired) electrons. The highest BCUT2D eigenvalue weighted by molar-refractivity contribution is 5.89. The van der Waals surface area contributed by atoms with Gasteiger partial charge in [-0.1, -0.05) is 51.1 Å². The molecule has 7 heteroatoms. The van der Waals surface area contributed by atoms with Crippen LogP contribution in [0.25, 0.3) is 10.9 Å². The van der Waals surface area contributed by atoms with Crippen molar-refractivity contribution in [2.24, 2.45) is 5.73 Å². The fraction of sp³-hybridized carbons (Fsp3) is 0.308. The normalized spacial score (nSPS) is 16.6. The van der Waals surface area contributed by atoms with Gasteiger partial charge in [-0.3, -0.25) is 9.78 Å². The molecule has 1 amide bonds. The molecule has 6 nitrogen and oxygen atoms in total. The van der Waals surface area contributed by atoms with Crippen LogP contribution in [-0.4, -0.2) is 23.1 Å². The van der Waals surface area contributed by atoms with Gasteiger partial charge in [0.05, 0.1) is 23.6 Å². The van der Waals surface area contributed by atoms with Crippen molar-refractivity contribution in [2.45, 2.75) is 51.2 Å². The van der Waals surface area contributed by atoms with E-state index in [1.165, 1.54) is 23.0 Å². The summed E-state index contributed by atoms with van der Waals surface area (Å²) >= 11 is 0. The lowest BCUT2D eigenvalue weighted by molar-refractivity contribution is -0.122. The van der Waals surface area contributed by atoms with E-state index in [4.69, 9.17) is 10.6 Å². The Hall–Kier alpha value is -3.45. The van der Waals surface area contributed by atoms with E-state index in [0.29, 0.717) is 24.1 Å². The van der Waals surface area contributed by atoms with E-state index >= 15 is 0 Å². The number of aryl methyl sites for hydroxylation is 1. The lowest BCUT2D eigenvalue weighted by Gasteiger charge is -2.25. The summed E-state index contributed by atoms with van der Waals surface area (Å²) in [4.78, 5) is 23.1. The Labute approximate surface area is 193 Å². The van der Waals surface area contributed by atoms with Crippen LogP contribution in [0.15, 0.2) is 67.1 Å². The van der Waals surface area contributed by atoms with E-state index in [0.717, 1.165) is 10.9 Å². The van der Waals surface area contributed by atoms with Crippen LogP contribution in [0.4, 0.5) is 10.1 Å². The molecule has 0 aliphatic carbocycles. The molecule has 172 valence electrons. The molecule has 0 saturated heterocycles. The third kappa shape index (κ3) is 5.14. The molecular weight excluding hydrogens is 419 g/mol. The lowest BCUT2D eigenvalue weighted by Crippen LogP contribution is -2.50. The van der Waals surface area contributed by atoms with Gasteiger partial charge in [0.2, 0.25) is 0 Å². The van der Waals surface area contributed by atoms with E-state index in [-0.39, 0.29) is 17.1 Å². The van der Waals surface area contributed by atoms with Gasteiger partial charge >= 0.3 is 0 Å². The molecule has 0 saturated carbocycles. The number of anilines is 1. The number of rotatable bonds is 6. The van der Waals surface area contributed by atoms with Gasteiger partial charge in [0.25, 0.3) is 5.91 Å². The van der Waals surface area contributed by atoms with Gasteiger partial charge in [-0.2, -0.15) is 5.06 Å². The quantitative estimate of drug-likeness (QED) is 0.549. The van der Waals surface area contributed by atoms with Crippen LogP contribution in [0, 0.1) is 5.82 Å². The fourth-order valence-corrected chi connectivity index (χ4v) is 3.78. The third-order valence-electron chi connectivity index (χ3n) is 5.76. The number of pyridine rings is 1. The highest BCUT2D eigenvalue weighted by atomic mass is 19.1. The monoisotopic (exact) mass is 448 g/mol. The van der Waals surface area contributed by atoms with Gasteiger partial charge in [0, 0.05) is 5.39 Å². The predicted octanol–water partition coefficient (Wildman–Crippen LogP) is 4.34. The summed E-state index contributed by atoms with van der Waals surface area (Å²) in [5, 5.41) is 5.25. The van der Waals surface area contributed by atoms with Crippen LogP contribution in [0.2, 0.25) is 0 Å². The molecule has 4 rings (SSSR count). The Bertz CT molecular complexity index is 1190. The molecule has 0 fully saturated rings. The maximum Gasteiger partial charge on any atom is 0.251 e. The van der Waals surface area contributed by atoms with Crippen LogP contribution in [-0.2, 0) is 21.5 Å². The van der Waals surface area contributed by atoms with Crippen LogP contribution >= 0.6 is 0 Å². The first kappa shape index (κ1) is 22.7. The summed E-state index contributed by atoms with van der Waals surface area (Å²) in [5.74, 6) is -0.569. The van der Waals surface area contributed by atoms with Crippen molar-refractivity contribution in [3.05, 3.63) is 84.0 Å². The van der Waals surface area contributed by atoms with Gasteiger partial charge in [-0.25, -0.2) is 4.39 Å². The summed E-state index contributed by atoms with van der Waals surface area (Å²) < 4.78 is 13.8. The molecule has 3 aromatic rings. The van der Waals surface area contributed by atoms with Crippen molar-refractivity contribution in [1.29, 1.82) is 0 Å². The van der Waals surface area contributed by atoms with Gasteiger partial charge < -0.3 is 15.9 Å². The number of nitrogens with zero attached hydrogens (tertiary/aromatic N) is 2. The largest absolute Gasteiger partial charge is 0.387 e. The molecule has 1 aliphatic rings. The summed E-state index contributed by atoms with van der Waals surface area (Å²) in [7, 11) is 0. The molecule has 2 heterocycles. The molecule has 3 N–H and O–H groups in total. The number of aromatic nitrogens is 1. The van der Waals surface area contributed by atoms with Gasteiger partial charge in [-0.05, 0) is 53.7 Å². The minimum atomic E-state index is -0.683. The van der Waals surface area contributed by atoms with Crippen molar-refractivity contribution in [2.75, 3.05) is 5.06 Å². The second-order valence-electron chi connectivity index (χ2n) is 9.30. The Kier molecular flexibility index (Phi) is 6.33. The number of nitrogens with one attached hydrogen (secondary N) is 1. The number of hydrogen-bond acceptors (Lipinski definition) is 5. The van der Waals surface area contributed by atoms with E-state index in [2.05, 4.69) is 43.2 Å². The first-order valence-electron chi connectivity index (χ1n) is 11.0. The van der Waals surface area contributed by atoms with Crippen molar-refractivity contribution < 1.29 is 14.0 Å². The number of carbonyl (C=O) groups excluding carboxylic acids is 1. The molecule has 1 unspecified atom stereocenters. The first-order chi connectivity index (χ1) is 15.7. The highest BCUT2D eigenvalue weighted by Gasteiger charge is 2.30. The van der Waals surface area contributed by atoms with Crippen LogP contribution in [0.1, 0.15) is 38.3 Å². The number of fused-ring (bicyclic) bond motifs is 1. The van der Waals surface area contributed by atoms with Crippen molar-refractivity contribution in [1.82, 2.24) is 10.3 Å². The molecular formula is C26H29FN4O2. The summed E-state index contributed by atoms with van der Waals surface area (Å²) in [5.41, 5.74) is 9.46. The first-order valence-corrected chi connectivity index (χ1v) is 11.0. The summed E-state index contributed by atoms with van der Waals surface area (Å²) in [6.45, 7) is 6.49. The number of hydroxylamine groups is 1. The number of hydrogen-bond donors (Lipinski definition) is 2. The standard InChI is InChI=1S/C26H29FN4O2/c1-26(2,3)19-10-8-18-14-20(16-29-22(18)15-19)31-23(12-13-33-31)25(32)30-24(28)11-9-17-6-4-5-7-21(17)27/h4-8,10,12-16,23-24H,9,11,28H2,1-3H3,(H,30,32)/t23?,24-/m1/s1. The number of benzene rings is 2. The second kappa shape index (κ2) is 9.19.